The summed E-state index contributed by atoms with van der Waals surface area (Å²) in [5.74, 6) is 1.95. The first-order chi connectivity index (χ1) is 10.6. The van der Waals surface area contributed by atoms with Crippen molar-refractivity contribution in [3.63, 3.8) is 0 Å². The zero-order chi connectivity index (χ0) is 15.5. The third-order valence-electron chi connectivity index (χ3n) is 5.37. The van der Waals surface area contributed by atoms with Gasteiger partial charge in [0.1, 0.15) is 0 Å². The number of aryl methyl sites for hydroxylation is 1. The predicted octanol–water partition coefficient (Wildman–Crippen LogP) is 2.61. The molecule has 2 aliphatic heterocycles. The van der Waals surface area contributed by atoms with Gasteiger partial charge in [-0.05, 0) is 49.8 Å². The Labute approximate surface area is 157 Å². The SMILES string of the molecule is CC(CC(=O)N1CCC(c2cnn(C)c2)C1)C1CCCNC1.Cl.Cl. The topological polar surface area (TPSA) is 50.2 Å². The first-order valence-electron chi connectivity index (χ1n) is 8.60. The molecule has 1 aromatic rings. The summed E-state index contributed by atoms with van der Waals surface area (Å²) in [6.07, 6.45) is 8.29. The third-order valence-corrected chi connectivity index (χ3v) is 5.37. The largest absolute Gasteiger partial charge is 0.342 e. The first kappa shape index (κ1) is 21.3. The second kappa shape index (κ2) is 9.64. The number of hydrogen-bond donors (Lipinski definition) is 1. The average molecular weight is 377 g/mol. The second-order valence-corrected chi connectivity index (χ2v) is 7.06. The van der Waals surface area contributed by atoms with Gasteiger partial charge in [0.05, 0.1) is 6.20 Å². The van der Waals surface area contributed by atoms with Crippen LogP contribution in [0.15, 0.2) is 12.4 Å². The number of aromatic nitrogens is 2. The number of carbonyl (C=O) groups excluding carboxylic acids is 1. The molecule has 7 heteroatoms. The van der Waals surface area contributed by atoms with Crippen molar-refractivity contribution in [3.8, 4) is 0 Å². The summed E-state index contributed by atoms with van der Waals surface area (Å²) >= 11 is 0. The van der Waals surface area contributed by atoms with Crippen molar-refractivity contribution in [1.82, 2.24) is 20.0 Å². The molecule has 0 radical (unpaired) electrons. The molecule has 0 aliphatic carbocycles. The molecule has 1 N–H and O–H groups in total. The number of rotatable bonds is 4. The van der Waals surface area contributed by atoms with Gasteiger partial charge in [-0.1, -0.05) is 6.92 Å². The van der Waals surface area contributed by atoms with E-state index < -0.39 is 0 Å². The number of likely N-dealkylation sites (tertiary alicyclic amines) is 1. The molecule has 0 bridgehead atoms. The molecule has 0 aromatic carbocycles. The lowest BCUT2D eigenvalue weighted by molar-refractivity contribution is -0.131. The maximum atomic E-state index is 12.6. The second-order valence-electron chi connectivity index (χ2n) is 7.06. The van der Waals surface area contributed by atoms with Crippen molar-refractivity contribution in [2.24, 2.45) is 18.9 Å². The lowest BCUT2D eigenvalue weighted by Gasteiger charge is -2.29. The summed E-state index contributed by atoms with van der Waals surface area (Å²) < 4.78 is 1.85. The third kappa shape index (κ3) is 5.11. The number of carbonyl (C=O) groups is 1. The van der Waals surface area contributed by atoms with Crippen LogP contribution < -0.4 is 5.32 Å². The highest BCUT2D eigenvalue weighted by atomic mass is 35.5. The Hall–Kier alpha value is -0.780. The number of piperidine rings is 1. The number of halogens is 2. The van der Waals surface area contributed by atoms with Crippen LogP contribution in [-0.4, -0.2) is 46.8 Å². The van der Waals surface area contributed by atoms with E-state index in [-0.39, 0.29) is 24.8 Å². The van der Waals surface area contributed by atoms with Gasteiger partial charge in [-0.3, -0.25) is 9.48 Å². The minimum absolute atomic E-state index is 0. The van der Waals surface area contributed by atoms with E-state index in [1.807, 2.05) is 17.9 Å². The molecule has 0 saturated carbocycles. The van der Waals surface area contributed by atoms with E-state index in [0.29, 0.717) is 30.1 Å². The van der Waals surface area contributed by atoms with Crippen LogP contribution in [0.5, 0.6) is 0 Å². The quantitative estimate of drug-likeness (QED) is 0.878. The van der Waals surface area contributed by atoms with Crippen LogP contribution in [0.1, 0.15) is 44.1 Å². The minimum Gasteiger partial charge on any atom is -0.342 e. The molecule has 2 fully saturated rings. The van der Waals surface area contributed by atoms with Crippen LogP contribution in [0.25, 0.3) is 0 Å². The van der Waals surface area contributed by atoms with Crippen molar-refractivity contribution in [2.75, 3.05) is 26.2 Å². The summed E-state index contributed by atoms with van der Waals surface area (Å²) in [5, 5.41) is 7.70. The summed E-state index contributed by atoms with van der Waals surface area (Å²) in [5.41, 5.74) is 1.27. The van der Waals surface area contributed by atoms with Gasteiger partial charge >= 0.3 is 0 Å². The number of nitrogens with one attached hydrogen (secondary N) is 1. The molecular formula is C17H30Cl2N4O. The normalized spacial score (nSPS) is 24.8. The molecule has 3 rings (SSSR count). The van der Waals surface area contributed by atoms with Gasteiger partial charge in [0.2, 0.25) is 5.91 Å². The van der Waals surface area contributed by atoms with E-state index in [2.05, 4.69) is 28.4 Å². The van der Waals surface area contributed by atoms with Crippen LogP contribution in [0, 0.1) is 11.8 Å². The Bertz CT molecular complexity index is 516. The lowest BCUT2D eigenvalue weighted by atomic mass is 9.85. The smallest absolute Gasteiger partial charge is 0.222 e. The fourth-order valence-corrected chi connectivity index (χ4v) is 3.85. The van der Waals surface area contributed by atoms with Crippen LogP contribution in [0.2, 0.25) is 0 Å². The van der Waals surface area contributed by atoms with Crippen molar-refractivity contribution in [2.45, 2.75) is 38.5 Å². The molecule has 3 heterocycles. The summed E-state index contributed by atoms with van der Waals surface area (Å²) in [6, 6.07) is 0. The molecule has 24 heavy (non-hydrogen) atoms. The molecule has 2 saturated heterocycles. The summed E-state index contributed by atoms with van der Waals surface area (Å²) in [6.45, 7) is 6.21. The van der Waals surface area contributed by atoms with E-state index in [9.17, 15) is 4.79 Å². The van der Waals surface area contributed by atoms with Crippen LogP contribution in [-0.2, 0) is 11.8 Å². The number of nitrogens with zero attached hydrogens (tertiary/aromatic N) is 3. The van der Waals surface area contributed by atoms with Crippen molar-refractivity contribution >= 4 is 30.7 Å². The Kier molecular flexibility index (Phi) is 8.54. The highest BCUT2D eigenvalue weighted by molar-refractivity contribution is 5.85. The van der Waals surface area contributed by atoms with Gasteiger partial charge in [-0.25, -0.2) is 0 Å². The predicted molar refractivity (Wildman–Crippen MR) is 101 cm³/mol. The maximum Gasteiger partial charge on any atom is 0.222 e. The highest BCUT2D eigenvalue weighted by Crippen LogP contribution is 2.29. The highest BCUT2D eigenvalue weighted by Gasteiger charge is 2.30. The molecule has 2 aliphatic rings. The maximum absolute atomic E-state index is 12.6. The van der Waals surface area contributed by atoms with Gasteiger partial charge in [-0.15, -0.1) is 24.8 Å². The van der Waals surface area contributed by atoms with Gasteiger partial charge in [-0.2, -0.15) is 5.10 Å². The number of hydrogen-bond acceptors (Lipinski definition) is 3. The van der Waals surface area contributed by atoms with Crippen LogP contribution >= 0.6 is 24.8 Å². The van der Waals surface area contributed by atoms with E-state index in [1.165, 1.54) is 18.4 Å². The molecule has 3 unspecified atom stereocenters. The molecule has 138 valence electrons. The Morgan fingerprint density at radius 2 is 2.21 bits per heavy atom. The van der Waals surface area contributed by atoms with Crippen molar-refractivity contribution in [3.05, 3.63) is 18.0 Å². The summed E-state index contributed by atoms with van der Waals surface area (Å²) in [4.78, 5) is 14.6. The average Bonchev–Trinajstić information content (AvgIpc) is 3.16. The Balaban J connectivity index is 0.00000144. The number of amides is 1. The molecule has 1 aromatic heterocycles. The van der Waals surface area contributed by atoms with Gasteiger partial charge in [0, 0.05) is 38.7 Å². The molecule has 1 amide bonds. The summed E-state index contributed by atoms with van der Waals surface area (Å²) in [7, 11) is 1.95. The first-order valence-corrected chi connectivity index (χ1v) is 8.60. The van der Waals surface area contributed by atoms with E-state index in [4.69, 9.17) is 0 Å². The molecular weight excluding hydrogens is 347 g/mol. The van der Waals surface area contributed by atoms with Crippen LogP contribution in [0.3, 0.4) is 0 Å². The van der Waals surface area contributed by atoms with Crippen molar-refractivity contribution in [1.29, 1.82) is 0 Å². The van der Waals surface area contributed by atoms with Crippen LogP contribution in [0.4, 0.5) is 0 Å². The molecule has 0 spiro atoms. The van der Waals surface area contributed by atoms with Gasteiger partial charge in [0.25, 0.3) is 0 Å². The zero-order valence-corrected chi connectivity index (χ0v) is 16.2. The van der Waals surface area contributed by atoms with Crippen molar-refractivity contribution < 1.29 is 4.79 Å². The monoisotopic (exact) mass is 376 g/mol. The van der Waals surface area contributed by atoms with E-state index in [1.54, 1.807) is 0 Å². The Morgan fingerprint density at radius 3 is 2.83 bits per heavy atom. The molecule has 5 nitrogen and oxygen atoms in total. The zero-order valence-electron chi connectivity index (χ0n) is 14.6. The molecule has 3 atom stereocenters. The van der Waals surface area contributed by atoms with Gasteiger partial charge in [0.15, 0.2) is 0 Å². The fraction of sp³-hybridized carbons (Fsp3) is 0.765. The minimum atomic E-state index is 0. The standard InChI is InChI=1S/C17H28N4O.2ClH/c1-13(14-4-3-6-18-9-14)8-17(22)21-7-5-15(12-21)16-10-19-20(2)11-16;;/h10-11,13-15,18H,3-9,12H2,1-2H3;2*1H. The van der Waals surface area contributed by atoms with Gasteiger partial charge < -0.3 is 10.2 Å². The fourth-order valence-electron chi connectivity index (χ4n) is 3.85. The Morgan fingerprint density at radius 1 is 1.42 bits per heavy atom. The van der Waals surface area contributed by atoms with E-state index in [0.717, 1.165) is 32.6 Å². The lowest BCUT2D eigenvalue weighted by Crippen LogP contribution is -2.36. The van der Waals surface area contributed by atoms with E-state index >= 15 is 0 Å².